The van der Waals surface area contributed by atoms with Gasteiger partial charge in [-0.15, -0.1) is 0 Å². The first-order valence-electron chi connectivity index (χ1n) is 3.93. The van der Waals surface area contributed by atoms with Gasteiger partial charge in [0.05, 0.1) is 17.7 Å². The average Bonchev–Trinajstić information content (AvgIpc) is 2.29. The van der Waals surface area contributed by atoms with Crippen molar-refractivity contribution in [3.63, 3.8) is 0 Å². The Morgan fingerprint density at radius 2 is 2.36 bits per heavy atom. The number of nitrogens with zero attached hydrogens (tertiary/aromatic N) is 2. The van der Waals surface area contributed by atoms with Gasteiger partial charge in [-0.25, -0.2) is 4.98 Å². The van der Waals surface area contributed by atoms with E-state index in [0.29, 0.717) is 0 Å². The summed E-state index contributed by atoms with van der Waals surface area (Å²) in [7, 11) is 2.02. The van der Waals surface area contributed by atoms with Crippen LogP contribution in [0, 0.1) is 6.92 Å². The Labute approximate surface area is 67.4 Å². The summed E-state index contributed by atoms with van der Waals surface area (Å²) in [6.45, 7) is 6.06. The summed E-state index contributed by atoms with van der Waals surface area (Å²) >= 11 is 0. The minimum absolute atomic E-state index is 0.916. The third-order valence-corrected chi connectivity index (χ3v) is 1.81. The van der Waals surface area contributed by atoms with Crippen LogP contribution < -0.4 is 5.32 Å². The molecule has 0 bridgehead atoms. The van der Waals surface area contributed by atoms with Crippen LogP contribution in [-0.4, -0.2) is 16.1 Å². The van der Waals surface area contributed by atoms with Gasteiger partial charge in [-0.05, 0) is 13.5 Å². The molecule has 0 fully saturated rings. The zero-order chi connectivity index (χ0) is 8.27. The third-order valence-electron chi connectivity index (χ3n) is 1.81. The molecule has 0 unspecified atom stereocenters. The normalized spacial score (nSPS) is 10.5. The average molecular weight is 153 g/mol. The Kier molecular flexibility index (Phi) is 2.65. The minimum atomic E-state index is 0.916. The Balaban J connectivity index is 2.67. The quantitative estimate of drug-likeness (QED) is 0.697. The van der Waals surface area contributed by atoms with Crippen molar-refractivity contribution in [2.45, 2.75) is 20.4 Å². The lowest BCUT2D eigenvalue weighted by molar-refractivity contribution is 0.676. The molecule has 0 amide bonds. The van der Waals surface area contributed by atoms with E-state index in [2.05, 4.69) is 21.8 Å². The van der Waals surface area contributed by atoms with Crippen molar-refractivity contribution in [3.8, 4) is 0 Å². The van der Waals surface area contributed by atoms with Gasteiger partial charge in [0.15, 0.2) is 0 Å². The van der Waals surface area contributed by atoms with Gasteiger partial charge in [-0.2, -0.15) is 0 Å². The van der Waals surface area contributed by atoms with Crippen molar-refractivity contribution in [1.29, 1.82) is 0 Å². The molecule has 0 radical (unpaired) electrons. The Morgan fingerprint density at radius 1 is 1.64 bits per heavy atom. The fourth-order valence-corrected chi connectivity index (χ4v) is 1.07. The predicted octanol–water partition coefficient (Wildman–Crippen LogP) is 0.838. The molecule has 0 atom stereocenters. The molecule has 0 spiro atoms. The van der Waals surface area contributed by atoms with E-state index >= 15 is 0 Å². The van der Waals surface area contributed by atoms with E-state index in [-0.39, 0.29) is 0 Å². The lowest BCUT2D eigenvalue weighted by atomic mass is 10.3. The molecule has 0 saturated heterocycles. The van der Waals surface area contributed by atoms with Crippen LogP contribution in [-0.2, 0) is 13.6 Å². The highest BCUT2D eigenvalue weighted by atomic mass is 15.1. The predicted molar refractivity (Wildman–Crippen MR) is 45.3 cm³/mol. The molecule has 3 heteroatoms. The van der Waals surface area contributed by atoms with Crippen LogP contribution in [0.3, 0.4) is 0 Å². The number of aromatic nitrogens is 2. The zero-order valence-corrected chi connectivity index (χ0v) is 7.39. The Bertz CT molecular complexity index is 208. The number of hydrogen-bond acceptors (Lipinski definition) is 2. The Hall–Kier alpha value is -0.830. The molecule has 62 valence electrons. The summed E-state index contributed by atoms with van der Waals surface area (Å²) < 4.78 is 2.05. The standard InChI is InChI=1S/C8H15N3/c1-4-9-5-8-7(2)10-6-11(8)3/h6,9H,4-5H2,1-3H3. The van der Waals surface area contributed by atoms with Crippen LogP contribution >= 0.6 is 0 Å². The van der Waals surface area contributed by atoms with E-state index in [4.69, 9.17) is 0 Å². The van der Waals surface area contributed by atoms with E-state index < -0.39 is 0 Å². The van der Waals surface area contributed by atoms with Crippen molar-refractivity contribution in [2.24, 2.45) is 7.05 Å². The Morgan fingerprint density at radius 3 is 2.82 bits per heavy atom. The highest BCUT2D eigenvalue weighted by Crippen LogP contribution is 2.02. The van der Waals surface area contributed by atoms with E-state index in [1.54, 1.807) is 0 Å². The molecular formula is C8H15N3. The van der Waals surface area contributed by atoms with Crippen molar-refractivity contribution in [3.05, 3.63) is 17.7 Å². The number of hydrogen-bond donors (Lipinski definition) is 1. The van der Waals surface area contributed by atoms with Gasteiger partial charge >= 0.3 is 0 Å². The number of imidazole rings is 1. The van der Waals surface area contributed by atoms with Gasteiger partial charge in [0.25, 0.3) is 0 Å². The largest absolute Gasteiger partial charge is 0.336 e. The van der Waals surface area contributed by atoms with E-state index in [1.165, 1.54) is 5.69 Å². The highest BCUT2D eigenvalue weighted by molar-refractivity contribution is 5.10. The number of aryl methyl sites for hydroxylation is 2. The second-order valence-corrected chi connectivity index (χ2v) is 2.67. The zero-order valence-electron chi connectivity index (χ0n) is 7.39. The summed E-state index contributed by atoms with van der Waals surface area (Å²) in [6, 6.07) is 0. The van der Waals surface area contributed by atoms with Crippen molar-refractivity contribution in [1.82, 2.24) is 14.9 Å². The topological polar surface area (TPSA) is 29.9 Å². The maximum Gasteiger partial charge on any atom is 0.0949 e. The monoisotopic (exact) mass is 153 g/mol. The van der Waals surface area contributed by atoms with Gasteiger partial charge in [-0.3, -0.25) is 0 Å². The maximum atomic E-state index is 4.19. The fraction of sp³-hybridized carbons (Fsp3) is 0.625. The van der Waals surface area contributed by atoms with Crippen LogP contribution in [0.4, 0.5) is 0 Å². The summed E-state index contributed by atoms with van der Waals surface area (Å²) in [5.41, 5.74) is 2.39. The summed E-state index contributed by atoms with van der Waals surface area (Å²) in [4.78, 5) is 4.19. The first-order valence-corrected chi connectivity index (χ1v) is 3.93. The first kappa shape index (κ1) is 8.27. The molecule has 0 aliphatic rings. The molecule has 0 aliphatic heterocycles. The summed E-state index contributed by atoms with van der Waals surface area (Å²) in [5, 5.41) is 3.27. The molecule has 0 aromatic carbocycles. The lowest BCUT2D eigenvalue weighted by Crippen LogP contribution is -2.14. The molecule has 1 aromatic rings. The molecule has 1 aromatic heterocycles. The lowest BCUT2D eigenvalue weighted by Gasteiger charge is -2.03. The molecule has 3 nitrogen and oxygen atoms in total. The molecule has 0 saturated carbocycles. The van der Waals surface area contributed by atoms with E-state index in [1.807, 2.05) is 20.3 Å². The second-order valence-electron chi connectivity index (χ2n) is 2.67. The van der Waals surface area contributed by atoms with E-state index in [9.17, 15) is 0 Å². The summed E-state index contributed by atoms with van der Waals surface area (Å²) in [5.74, 6) is 0. The molecule has 11 heavy (non-hydrogen) atoms. The first-order chi connectivity index (χ1) is 5.25. The van der Waals surface area contributed by atoms with Crippen LogP contribution in [0.25, 0.3) is 0 Å². The van der Waals surface area contributed by atoms with Gasteiger partial charge in [0.2, 0.25) is 0 Å². The van der Waals surface area contributed by atoms with Crippen LogP contribution in [0.15, 0.2) is 6.33 Å². The molecule has 1 N–H and O–H groups in total. The second kappa shape index (κ2) is 3.53. The minimum Gasteiger partial charge on any atom is -0.336 e. The van der Waals surface area contributed by atoms with Crippen LogP contribution in [0.5, 0.6) is 0 Å². The third kappa shape index (κ3) is 1.80. The van der Waals surface area contributed by atoms with Crippen molar-refractivity contribution < 1.29 is 0 Å². The maximum absolute atomic E-state index is 4.19. The number of rotatable bonds is 3. The molecular weight excluding hydrogens is 138 g/mol. The fourth-order valence-electron chi connectivity index (χ4n) is 1.07. The number of nitrogens with one attached hydrogen (secondary N) is 1. The van der Waals surface area contributed by atoms with Gasteiger partial charge < -0.3 is 9.88 Å². The van der Waals surface area contributed by atoms with E-state index in [0.717, 1.165) is 18.8 Å². The summed E-state index contributed by atoms with van der Waals surface area (Å²) in [6.07, 6.45) is 1.85. The van der Waals surface area contributed by atoms with Gasteiger partial charge in [0, 0.05) is 13.6 Å². The van der Waals surface area contributed by atoms with Crippen LogP contribution in [0.1, 0.15) is 18.3 Å². The highest BCUT2D eigenvalue weighted by Gasteiger charge is 2.01. The molecule has 1 heterocycles. The van der Waals surface area contributed by atoms with Gasteiger partial charge in [-0.1, -0.05) is 6.92 Å². The van der Waals surface area contributed by atoms with Crippen molar-refractivity contribution in [2.75, 3.05) is 6.54 Å². The molecule has 0 aliphatic carbocycles. The SMILES string of the molecule is CCNCc1c(C)ncn1C. The van der Waals surface area contributed by atoms with Crippen molar-refractivity contribution >= 4 is 0 Å². The smallest absolute Gasteiger partial charge is 0.0949 e. The van der Waals surface area contributed by atoms with Gasteiger partial charge in [0.1, 0.15) is 0 Å². The molecule has 1 rings (SSSR count). The van der Waals surface area contributed by atoms with Crippen LogP contribution in [0.2, 0.25) is 0 Å².